The fraction of sp³-hybridized carbons (Fsp3) is 0.0714. The largest absolute Gasteiger partial charge is 0.486 e. The SMILES string of the molecule is N/C(=N/O)c1ccc(OCc2ccc(Br)cc2Cl)c(F)c1. The Morgan fingerprint density at radius 3 is 2.71 bits per heavy atom. The number of nitrogens with zero attached hydrogens (tertiary/aromatic N) is 1. The molecular formula is C14H11BrClFN2O2. The van der Waals surface area contributed by atoms with Crippen molar-refractivity contribution in [1.29, 1.82) is 0 Å². The minimum absolute atomic E-state index is 0.0588. The second-order valence-electron chi connectivity index (χ2n) is 4.15. The lowest BCUT2D eigenvalue weighted by atomic mass is 10.2. The van der Waals surface area contributed by atoms with Crippen molar-refractivity contribution in [3.63, 3.8) is 0 Å². The summed E-state index contributed by atoms with van der Waals surface area (Å²) in [5.74, 6) is -0.716. The Morgan fingerprint density at radius 2 is 2.10 bits per heavy atom. The van der Waals surface area contributed by atoms with Gasteiger partial charge in [0.05, 0.1) is 0 Å². The van der Waals surface area contributed by atoms with Gasteiger partial charge in [-0.3, -0.25) is 0 Å². The van der Waals surface area contributed by atoms with Gasteiger partial charge in [0.2, 0.25) is 0 Å². The van der Waals surface area contributed by atoms with E-state index in [1.165, 1.54) is 12.1 Å². The number of benzene rings is 2. The molecule has 2 aromatic carbocycles. The lowest BCUT2D eigenvalue weighted by molar-refractivity contribution is 0.290. The van der Waals surface area contributed by atoms with Crippen LogP contribution in [-0.2, 0) is 6.61 Å². The summed E-state index contributed by atoms with van der Waals surface area (Å²) >= 11 is 9.36. The zero-order valence-electron chi connectivity index (χ0n) is 10.7. The smallest absolute Gasteiger partial charge is 0.170 e. The van der Waals surface area contributed by atoms with Crippen molar-refractivity contribution in [2.45, 2.75) is 6.61 Å². The van der Waals surface area contributed by atoms with Gasteiger partial charge >= 0.3 is 0 Å². The molecule has 0 saturated heterocycles. The predicted molar refractivity (Wildman–Crippen MR) is 82.4 cm³/mol. The Kier molecular flexibility index (Phi) is 5.03. The first-order chi connectivity index (χ1) is 10.0. The van der Waals surface area contributed by atoms with Crippen LogP contribution in [0.5, 0.6) is 5.75 Å². The van der Waals surface area contributed by atoms with Gasteiger partial charge in [0.15, 0.2) is 17.4 Å². The van der Waals surface area contributed by atoms with Gasteiger partial charge in [0.1, 0.15) is 6.61 Å². The Morgan fingerprint density at radius 1 is 1.33 bits per heavy atom. The van der Waals surface area contributed by atoms with Crippen LogP contribution in [0.4, 0.5) is 4.39 Å². The van der Waals surface area contributed by atoms with Crippen molar-refractivity contribution in [1.82, 2.24) is 0 Å². The number of halogens is 3. The van der Waals surface area contributed by atoms with Crippen LogP contribution in [0.1, 0.15) is 11.1 Å². The van der Waals surface area contributed by atoms with E-state index in [0.717, 1.165) is 16.1 Å². The Labute approximate surface area is 134 Å². The monoisotopic (exact) mass is 372 g/mol. The van der Waals surface area contributed by atoms with Crippen molar-refractivity contribution in [2.75, 3.05) is 0 Å². The van der Waals surface area contributed by atoms with E-state index >= 15 is 0 Å². The number of ether oxygens (including phenoxy) is 1. The molecule has 3 N–H and O–H groups in total. The molecule has 110 valence electrons. The van der Waals surface area contributed by atoms with Crippen molar-refractivity contribution in [2.24, 2.45) is 10.9 Å². The van der Waals surface area contributed by atoms with Crippen LogP contribution in [0.2, 0.25) is 5.02 Å². The number of oxime groups is 1. The highest BCUT2D eigenvalue weighted by molar-refractivity contribution is 9.10. The number of hydrogen-bond acceptors (Lipinski definition) is 3. The first-order valence-corrected chi connectivity index (χ1v) is 7.02. The molecule has 21 heavy (non-hydrogen) atoms. The van der Waals surface area contributed by atoms with E-state index in [1.807, 2.05) is 6.07 Å². The van der Waals surface area contributed by atoms with Gasteiger partial charge < -0.3 is 15.7 Å². The maximum atomic E-state index is 13.9. The first-order valence-electron chi connectivity index (χ1n) is 5.85. The zero-order valence-corrected chi connectivity index (χ0v) is 13.0. The van der Waals surface area contributed by atoms with E-state index < -0.39 is 5.82 Å². The maximum absolute atomic E-state index is 13.9. The minimum atomic E-state index is -0.604. The number of amidine groups is 1. The van der Waals surface area contributed by atoms with Crippen LogP contribution in [0.3, 0.4) is 0 Å². The van der Waals surface area contributed by atoms with Gasteiger partial charge in [0, 0.05) is 20.6 Å². The molecule has 0 unspecified atom stereocenters. The van der Waals surface area contributed by atoms with Gasteiger partial charge in [-0.1, -0.05) is 38.8 Å². The zero-order chi connectivity index (χ0) is 15.4. The van der Waals surface area contributed by atoms with E-state index in [1.54, 1.807) is 12.1 Å². The van der Waals surface area contributed by atoms with Crippen LogP contribution >= 0.6 is 27.5 Å². The molecule has 0 bridgehead atoms. The predicted octanol–water partition coefficient (Wildman–Crippen LogP) is 3.92. The van der Waals surface area contributed by atoms with E-state index in [-0.39, 0.29) is 23.8 Å². The van der Waals surface area contributed by atoms with Crippen LogP contribution < -0.4 is 10.5 Å². The fourth-order valence-electron chi connectivity index (χ4n) is 1.63. The Hall–Kier alpha value is -1.79. The maximum Gasteiger partial charge on any atom is 0.170 e. The number of nitrogens with two attached hydrogens (primary N) is 1. The molecule has 0 heterocycles. The molecular weight excluding hydrogens is 363 g/mol. The van der Waals surface area contributed by atoms with Gasteiger partial charge in [0.25, 0.3) is 0 Å². The molecule has 0 atom stereocenters. The molecule has 0 aromatic heterocycles. The summed E-state index contributed by atoms with van der Waals surface area (Å²) in [6, 6.07) is 9.38. The van der Waals surface area contributed by atoms with Crippen LogP contribution in [-0.4, -0.2) is 11.0 Å². The minimum Gasteiger partial charge on any atom is -0.486 e. The molecule has 4 nitrogen and oxygen atoms in total. The quantitative estimate of drug-likeness (QED) is 0.369. The normalized spacial score (nSPS) is 11.5. The molecule has 0 saturated carbocycles. The first kappa shape index (κ1) is 15.6. The molecule has 0 aliphatic rings. The molecule has 2 aromatic rings. The van der Waals surface area contributed by atoms with Gasteiger partial charge in [-0.2, -0.15) is 0 Å². The Balaban J connectivity index is 2.13. The molecule has 0 aliphatic heterocycles. The fourth-order valence-corrected chi connectivity index (χ4v) is 2.36. The third kappa shape index (κ3) is 3.86. The summed E-state index contributed by atoms with van der Waals surface area (Å²) < 4.78 is 20.1. The van der Waals surface area contributed by atoms with Gasteiger partial charge in [-0.25, -0.2) is 4.39 Å². The third-order valence-electron chi connectivity index (χ3n) is 2.73. The van der Waals surface area contributed by atoms with Gasteiger partial charge in [-0.05, 0) is 30.3 Å². The van der Waals surface area contributed by atoms with Crippen LogP contribution in [0, 0.1) is 5.82 Å². The number of hydrogen-bond donors (Lipinski definition) is 2. The lowest BCUT2D eigenvalue weighted by Crippen LogP contribution is -2.13. The molecule has 0 aliphatic carbocycles. The van der Waals surface area contributed by atoms with Crippen molar-refractivity contribution in [3.05, 3.63) is 62.8 Å². The highest BCUT2D eigenvalue weighted by Gasteiger charge is 2.09. The highest BCUT2D eigenvalue weighted by Crippen LogP contribution is 2.24. The topological polar surface area (TPSA) is 67.8 Å². The molecule has 0 spiro atoms. The average Bonchev–Trinajstić information content (AvgIpc) is 2.46. The standard InChI is InChI=1S/C14H11BrClFN2O2/c15-10-3-1-9(11(16)6-10)7-21-13-4-2-8(5-12(13)17)14(18)19-20/h1-6,20H,7H2,(H2,18,19). The van der Waals surface area contributed by atoms with Crippen molar-refractivity contribution < 1.29 is 14.3 Å². The molecule has 0 amide bonds. The van der Waals surface area contributed by atoms with E-state index in [0.29, 0.717) is 5.02 Å². The summed E-state index contributed by atoms with van der Waals surface area (Å²) in [7, 11) is 0. The highest BCUT2D eigenvalue weighted by atomic mass is 79.9. The molecule has 2 rings (SSSR count). The van der Waals surface area contributed by atoms with Crippen molar-refractivity contribution >= 4 is 33.4 Å². The van der Waals surface area contributed by atoms with E-state index in [2.05, 4.69) is 21.1 Å². The summed E-state index contributed by atoms with van der Waals surface area (Å²) in [4.78, 5) is 0. The summed E-state index contributed by atoms with van der Waals surface area (Å²) in [6.45, 7) is 0.131. The Bertz CT molecular complexity index is 695. The molecule has 0 radical (unpaired) electrons. The third-order valence-corrected chi connectivity index (χ3v) is 3.58. The van der Waals surface area contributed by atoms with Crippen LogP contribution in [0.15, 0.2) is 46.0 Å². The lowest BCUT2D eigenvalue weighted by Gasteiger charge is -2.10. The van der Waals surface area contributed by atoms with Crippen molar-refractivity contribution in [3.8, 4) is 5.75 Å². The summed E-state index contributed by atoms with van der Waals surface area (Å²) in [6.07, 6.45) is 0. The van der Waals surface area contributed by atoms with E-state index in [4.69, 9.17) is 27.3 Å². The second kappa shape index (κ2) is 6.78. The average molecular weight is 374 g/mol. The summed E-state index contributed by atoms with van der Waals surface area (Å²) in [5.41, 5.74) is 6.39. The van der Waals surface area contributed by atoms with Gasteiger partial charge in [-0.15, -0.1) is 0 Å². The second-order valence-corrected chi connectivity index (χ2v) is 5.48. The molecule has 7 heteroatoms. The molecule has 0 fully saturated rings. The number of rotatable bonds is 4. The summed E-state index contributed by atoms with van der Waals surface area (Å²) in [5, 5.41) is 11.9. The van der Waals surface area contributed by atoms with E-state index in [9.17, 15) is 4.39 Å². The van der Waals surface area contributed by atoms with Crippen LogP contribution in [0.25, 0.3) is 0 Å².